The predicted octanol–water partition coefficient (Wildman–Crippen LogP) is 6.89. The molecule has 0 saturated heterocycles. The topological polar surface area (TPSA) is 0 Å². The Morgan fingerprint density at radius 1 is 0.205 bits per heavy atom. The molecule has 0 bridgehead atoms. The fourth-order valence-electron chi connectivity index (χ4n) is 4.36. The first-order valence-corrected chi connectivity index (χ1v) is 15.5. The van der Waals surface area contributed by atoms with Gasteiger partial charge in [-0.2, -0.15) is 0 Å². The van der Waals surface area contributed by atoms with Crippen LogP contribution in [0.25, 0.3) is 0 Å². The average Bonchev–Trinajstić information content (AvgIpc) is 3.01. The standard InChI is InChI=1S/2C18H15P.Rh/c2*1-4-10-16(11-5-1)19(17-12-6-2-7-13-17)18-14-8-3-9-15-18;/h2*1-15H;/q;;+2. The van der Waals surface area contributed by atoms with Gasteiger partial charge in [-0.15, -0.1) is 0 Å². The zero-order chi connectivity index (χ0) is 25.8. The van der Waals surface area contributed by atoms with Gasteiger partial charge in [0.15, 0.2) is 0 Å². The molecule has 0 N–H and O–H groups in total. The van der Waals surface area contributed by atoms with Gasteiger partial charge in [0.25, 0.3) is 0 Å². The van der Waals surface area contributed by atoms with E-state index in [0.717, 1.165) is 0 Å². The molecule has 1 radical (unpaired) electrons. The summed E-state index contributed by atoms with van der Waals surface area (Å²) in [5.74, 6) is 0. The molecule has 3 heteroatoms. The molecule has 0 amide bonds. The quantitative estimate of drug-likeness (QED) is 0.140. The van der Waals surface area contributed by atoms with Gasteiger partial charge < -0.3 is 0 Å². The van der Waals surface area contributed by atoms with Crippen molar-refractivity contribution in [2.75, 3.05) is 0 Å². The molecule has 0 unspecified atom stereocenters. The minimum Gasteiger partial charge on any atom is -0.0622 e. The van der Waals surface area contributed by atoms with Crippen LogP contribution in [-0.4, -0.2) is 0 Å². The number of hydrogen-bond donors (Lipinski definition) is 0. The first-order valence-electron chi connectivity index (χ1n) is 12.8. The smallest absolute Gasteiger partial charge is 0.0622 e. The molecule has 39 heavy (non-hydrogen) atoms. The van der Waals surface area contributed by atoms with Crippen molar-refractivity contribution in [1.29, 1.82) is 0 Å². The molecular weight excluding hydrogens is 597 g/mol. The van der Waals surface area contributed by atoms with Gasteiger partial charge >= 0.3 is 19.5 Å². The molecule has 0 fully saturated rings. The van der Waals surface area contributed by atoms with Gasteiger partial charge in [-0.3, -0.25) is 0 Å². The summed E-state index contributed by atoms with van der Waals surface area (Å²) in [4.78, 5) is 0. The van der Waals surface area contributed by atoms with Crippen LogP contribution in [0.2, 0.25) is 0 Å². The van der Waals surface area contributed by atoms with Crippen LogP contribution >= 0.6 is 15.8 Å². The average molecular weight is 627 g/mol. The molecular formula is C36H30P2Rh+2. The van der Waals surface area contributed by atoms with E-state index in [0.29, 0.717) is 0 Å². The Morgan fingerprint density at radius 2 is 0.333 bits per heavy atom. The summed E-state index contributed by atoms with van der Waals surface area (Å²) in [6.07, 6.45) is 0. The molecule has 0 aromatic heterocycles. The maximum atomic E-state index is 2.23. The SMILES string of the molecule is [Rh+2].c1ccc(P(c2ccccc2)c2ccccc2)cc1.c1ccc(P(c2ccccc2)c2ccccc2)cc1. The summed E-state index contributed by atoms with van der Waals surface area (Å²) in [7, 11) is -0.892. The molecule has 191 valence electrons. The van der Waals surface area contributed by atoms with E-state index in [9.17, 15) is 0 Å². The van der Waals surface area contributed by atoms with Crippen molar-refractivity contribution in [2.45, 2.75) is 0 Å². The Bertz CT molecular complexity index is 1170. The van der Waals surface area contributed by atoms with Crippen LogP contribution in [-0.2, 0) is 19.5 Å². The van der Waals surface area contributed by atoms with Crippen LogP contribution in [0, 0.1) is 0 Å². The third-order valence-electron chi connectivity index (χ3n) is 6.09. The Labute approximate surface area is 248 Å². The van der Waals surface area contributed by atoms with Crippen LogP contribution in [0.5, 0.6) is 0 Å². The van der Waals surface area contributed by atoms with E-state index in [1.165, 1.54) is 31.8 Å². The Balaban J connectivity index is 0.000000176. The van der Waals surface area contributed by atoms with Gasteiger partial charge in [0, 0.05) is 0 Å². The second-order valence-electron chi connectivity index (χ2n) is 8.68. The zero-order valence-electron chi connectivity index (χ0n) is 21.5. The van der Waals surface area contributed by atoms with Gasteiger partial charge in [0.2, 0.25) is 0 Å². The summed E-state index contributed by atoms with van der Waals surface area (Å²) >= 11 is 0. The number of hydrogen-bond acceptors (Lipinski definition) is 0. The summed E-state index contributed by atoms with van der Waals surface area (Å²) < 4.78 is 0. The Kier molecular flexibility index (Phi) is 11.4. The van der Waals surface area contributed by atoms with Crippen molar-refractivity contribution in [3.05, 3.63) is 182 Å². The largest absolute Gasteiger partial charge is 2.00 e. The maximum absolute atomic E-state index is 2.23. The van der Waals surface area contributed by atoms with E-state index < -0.39 is 15.8 Å². The van der Waals surface area contributed by atoms with Crippen molar-refractivity contribution >= 4 is 47.7 Å². The Morgan fingerprint density at radius 3 is 0.462 bits per heavy atom. The molecule has 0 aliphatic carbocycles. The molecule has 0 nitrogen and oxygen atoms in total. The van der Waals surface area contributed by atoms with E-state index in [4.69, 9.17) is 0 Å². The van der Waals surface area contributed by atoms with Crippen molar-refractivity contribution < 1.29 is 19.5 Å². The number of benzene rings is 6. The molecule has 0 atom stereocenters. The van der Waals surface area contributed by atoms with E-state index in [2.05, 4.69) is 182 Å². The monoisotopic (exact) mass is 627 g/mol. The number of rotatable bonds is 6. The second kappa shape index (κ2) is 15.4. The molecule has 0 aliphatic heterocycles. The Hall–Kier alpha value is -3.20. The van der Waals surface area contributed by atoms with Crippen molar-refractivity contribution in [2.24, 2.45) is 0 Å². The fraction of sp³-hybridized carbons (Fsp3) is 0. The van der Waals surface area contributed by atoms with Crippen molar-refractivity contribution in [3.8, 4) is 0 Å². The van der Waals surface area contributed by atoms with E-state index in [-0.39, 0.29) is 19.5 Å². The van der Waals surface area contributed by atoms with Gasteiger partial charge in [0.05, 0.1) is 0 Å². The molecule has 6 aromatic rings. The van der Waals surface area contributed by atoms with Crippen molar-refractivity contribution in [1.82, 2.24) is 0 Å². The van der Waals surface area contributed by atoms with Gasteiger partial charge in [0.1, 0.15) is 0 Å². The molecule has 0 aliphatic rings. The molecule has 0 heterocycles. The summed E-state index contributed by atoms with van der Waals surface area (Å²) in [5, 5.41) is 8.39. The van der Waals surface area contributed by atoms with E-state index in [1.54, 1.807) is 0 Å². The van der Waals surface area contributed by atoms with Crippen LogP contribution < -0.4 is 31.8 Å². The van der Waals surface area contributed by atoms with Crippen LogP contribution in [0.4, 0.5) is 0 Å². The minimum atomic E-state index is -0.446. The summed E-state index contributed by atoms with van der Waals surface area (Å²) in [6, 6.07) is 64.7. The van der Waals surface area contributed by atoms with Gasteiger partial charge in [-0.25, -0.2) is 0 Å². The first-order chi connectivity index (χ1) is 18.9. The van der Waals surface area contributed by atoms with Crippen LogP contribution in [0.15, 0.2) is 182 Å². The first kappa shape index (κ1) is 28.8. The minimum absolute atomic E-state index is 0. The fourth-order valence-corrected chi connectivity index (χ4v) is 8.97. The van der Waals surface area contributed by atoms with E-state index >= 15 is 0 Å². The molecule has 0 spiro atoms. The maximum Gasteiger partial charge on any atom is 2.00 e. The summed E-state index contributed by atoms with van der Waals surface area (Å²) in [6.45, 7) is 0. The molecule has 6 rings (SSSR count). The predicted molar refractivity (Wildman–Crippen MR) is 170 cm³/mol. The van der Waals surface area contributed by atoms with Crippen LogP contribution in [0.3, 0.4) is 0 Å². The van der Waals surface area contributed by atoms with Crippen molar-refractivity contribution in [3.63, 3.8) is 0 Å². The van der Waals surface area contributed by atoms with Crippen LogP contribution in [0.1, 0.15) is 0 Å². The zero-order valence-corrected chi connectivity index (χ0v) is 25.0. The van der Waals surface area contributed by atoms with E-state index in [1.807, 2.05) is 0 Å². The third-order valence-corrected chi connectivity index (χ3v) is 11.0. The molecule has 6 aromatic carbocycles. The molecule has 0 saturated carbocycles. The van der Waals surface area contributed by atoms with Gasteiger partial charge in [-0.05, 0) is 47.7 Å². The normalized spacial score (nSPS) is 10.3. The summed E-state index contributed by atoms with van der Waals surface area (Å²) in [5.41, 5.74) is 0. The second-order valence-corrected chi connectivity index (χ2v) is 13.1. The van der Waals surface area contributed by atoms with Gasteiger partial charge in [-0.1, -0.05) is 182 Å². The third kappa shape index (κ3) is 7.91.